The van der Waals surface area contributed by atoms with E-state index in [-0.39, 0.29) is 36.6 Å². The smallest absolute Gasteiger partial charge is 0.187 e. The van der Waals surface area contributed by atoms with E-state index in [0.717, 1.165) is 18.4 Å². The zero-order chi connectivity index (χ0) is 71.8. The molecule has 36 nitrogen and oxygen atoms in total. The van der Waals surface area contributed by atoms with Crippen molar-refractivity contribution in [3.63, 3.8) is 0 Å². The van der Waals surface area contributed by atoms with Gasteiger partial charge in [-0.15, -0.1) is 0 Å². The molecule has 0 bridgehead atoms. The summed E-state index contributed by atoms with van der Waals surface area (Å²) in [5, 5.41) is 209. The molecule has 40 atom stereocenters. The van der Waals surface area contributed by atoms with Gasteiger partial charge in [0.15, 0.2) is 56.1 Å². The molecule has 8 heterocycles. The molecule has 8 saturated heterocycles. The summed E-state index contributed by atoms with van der Waals surface area (Å²) < 4.78 is 96.0. The number of fused-ring (bicyclic) bond motifs is 7. The lowest BCUT2D eigenvalue weighted by Gasteiger charge is -2.60. The fraction of sp³-hybridized carbons (Fsp3) is 0.922. The molecule has 4 aliphatic carbocycles. The highest BCUT2D eigenvalue weighted by molar-refractivity contribution is 6.01. The van der Waals surface area contributed by atoms with E-state index in [1.165, 1.54) is 0 Å². The lowest BCUT2D eigenvalue weighted by Crippen LogP contribution is -2.66. The van der Waals surface area contributed by atoms with E-state index in [4.69, 9.17) is 75.8 Å². The second kappa shape index (κ2) is 31.5. The highest BCUT2D eigenvalue weighted by Gasteiger charge is 2.73. The van der Waals surface area contributed by atoms with Crippen LogP contribution in [-0.2, 0) is 80.6 Å². The first-order valence-electron chi connectivity index (χ1n) is 34.6. The van der Waals surface area contributed by atoms with Crippen molar-refractivity contribution in [3.05, 3.63) is 23.8 Å². The van der Waals surface area contributed by atoms with E-state index in [0.29, 0.717) is 25.7 Å². The van der Waals surface area contributed by atoms with Crippen LogP contribution >= 0.6 is 0 Å². The predicted molar refractivity (Wildman–Crippen MR) is 322 cm³/mol. The van der Waals surface area contributed by atoms with E-state index >= 15 is 0 Å². The molecule has 36 heteroatoms. The van der Waals surface area contributed by atoms with Crippen molar-refractivity contribution < 1.29 is 178 Å². The fourth-order valence-corrected chi connectivity index (χ4v) is 17.3. The molecular weight excluding hydrogens is 1340 g/mol. The number of aliphatic hydroxyl groups is 19. The van der Waals surface area contributed by atoms with Gasteiger partial charge in [0.25, 0.3) is 0 Å². The van der Waals surface area contributed by atoms with Gasteiger partial charge in [-0.25, -0.2) is 0 Å². The molecule has 0 radical (unpaired) electrons. The minimum absolute atomic E-state index is 0.0425. The second-order valence-corrected chi connectivity index (χ2v) is 29.1. The Kier molecular flexibility index (Phi) is 24.4. The normalized spacial score (nSPS) is 53.5. The summed E-state index contributed by atoms with van der Waals surface area (Å²) in [6, 6.07) is 0. The van der Waals surface area contributed by atoms with Gasteiger partial charge >= 0.3 is 0 Å². The highest BCUT2D eigenvalue weighted by Crippen LogP contribution is 2.70. The monoisotopic (exact) mass is 1440 g/mol. The van der Waals surface area contributed by atoms with Crippen molar-refractivity contribution in [2.75, 3.05) is 52.9 Å². The number of hydrogen-bond donors (Lipinski definition) is 19. The van der Waals surface area contributed by atoms with E-state index < -0.39 is 278 Å². The van der Waals surface area contributed by atoms with E-state index in [2.05, 4.69) is 13.8 Å². The molecule has 100 heavy (non-hydrogen) atoms. The molecule has 0 spiro atoms. The van der Waals surface area contributed by atoms with Gasteiger partial charge in [-0.1, -0.05) is 38.8 Å². The second-order valence-electron chi connectivity index (χ2n) is 29.1. The molecular formula is C64H100O36. The first kappa shape index (κ1) is 77.4. The van der Waals surface area contributed by atoms with Gasteiger partial charge in [0.2, 0.25) is 0 Å². The van der Waals surface area contributed by atoms with Crippen molar-refractivity contribution in [3.8, 4) is 0 Å². The van der Waals surface area contributed by atoms with E-state index in [9.17, 15) is 102 Å². The molecule has 8 aliphatic heterocycles. The Balaban J connectivity index is 0.732. The fourth-order valence-electron chi connectivity index (χ4n) is 17.3. The number of allylic oxidation sites excluding steroid dienone is 4. The molecule has 12 aliphatic rings. The average Bonchev–Trinajstić information content (AvgIpc) is 1.49. The van der Waals surface area contributed by atoms with Crippen LogP contribution < -0.4 is 0 Å². The summed E-state index contributed by atoms with van der Waals surface area (Å²) >= 11 is 0. The lowest BCUT2D eigenvalue weighted by molar-refractivity contribution is -0.385. The summed E-state index contributed by atoms with van der Waals surface area (Å²) in [5.41, 5.74) is -1.13. The maximum absolute atomic E-state index is 12.5. The number of aliphatic hydroxyl groups excluding tert-OH is 19. The van der Waals surface area contributed by atoms with Gasteiger partial charge in [-0.3, -0.25) is 4.79 Å². The number of carbonyl (C=O) groups excluding carboxylic acids is 1. The summed E-state index contributed by atoms with van der Waals surface area (Å²) in [5.74, 6) is -0.139. The number of carbonyl (C=O) groups is 1. The van der Waals surface area contributed by atoms with Gasteiger partial charge in [0.1, 0.15) is 146 Å². The third kappa shape index (κ3) is 14.7. The Morgan fingerprint density at radius 3 is 1.62 bits per heavy atom. The van der Waals surface area contributed by atoms with E-state index in [1.807, 2.05) is 13.0 Å². The molecule has 572 valence electrons. The summed E-state index contributed by atoms with van der Waals surface area (Å²) in [4.78, 5) is 12.5. The maximum Gasteiger partial charge on any atom is 0.187 e. The molecule has 3 saturated carbocycles. The zero-order valence-corrected chi connectivity index (χ0v) is 55.3. The average molecular weight is 1450 g/mol. The Labute approximate surface area is 573 Å². The van der Waals surface area contributed by atoms with Gasteiger partial charge in [0.05, 0.1) is 71.2 Å². The minimum atomic E-state index is -2.21. The predicted octanol–water partition coefficient (Wildman–Crippen LogP) is -8.75. The molecule has 0 aromatic rings. The quantitative estimate of drug-likeness (QED) is 0.0479. The van der Waals surface area contributed by atoms with Crippen LogP contribution in [0, 0.1) is 28.6 Å². The van der Waals surface area contributed by atoms with Crippen LogP contribution in [0.5, 0.6) is 0 Å². The first-order valence-corrected chi connectivity index (χ1v) is 34.6. The standard InChI is InChI=1S/C64H100O36/c1-4-5-38-97-37-13-26-25-7-6-23-12-24(66)8-9-62(23,2)39(25)28(68)15-63(26,3)64(37,100-38)10-11-85-59-51(83)45(77)53(33(16-65)93-59)98-55-27(67)14-32(34(94-55)20-89-56-47(79)40(72)29(69)17-86-56)92-60-52(84)46(78)54(36(96-60)22-91-58-49(81)42(74)31(71)19-88-58)99-61-50(82)44(76)43(75)35(95-61)21-90-57-48(80)41(73)30(70)18-87-57/h8-9,12,25-61,65,67-84H,4-7,10-11,13-22H2,1-3H3/t25-,26-,27-,28-,29+,30+,31+,32-,33?,34?,35?,36?,37+,38?,39+,40?,41?,42?,43+,44?,45?,46?,47?,48?,49?,50?,51?,52?,53+,54+,55-,56+,57+,58+,59+,60+,61-,62-,63-,64+/m0/s1. The van der Waals surface area contributed by atoms with Crippen LogP contribution in [0.25, 0.3) is 0 Å². The third-order valence-electron chi connectivity index (χ3n) is 22.9. The van der Waals surface area contributed by atoms with Gasteiger partial charge < -0.3 is 173 Å². The van der Waals surface area contributed by atoms with Gasteiger partial charge in [-0.05, 0) is 56.1 Å². The third-order valence-corrected chi connectivity index (χ3v) is 22.9. The van der Waals surface area contributed by atoms with Crippen LogP contribution in [0.4, 0.5) is 0 Å². The summed E-state index contributed by atoms with van der Waals surface area (Å²) in [6.07, 6.45) is -48.5. The number of rotatable bonds is 22. The van der Waals surface area contributed by atoms with Crippen LogP contribution in [0.1, 0.15) is 72.1 Å². The number of hydrogen-bond acceptors (Lipinski definition) is 36. The Bertz CT molecular complexity index is 2780. The Morgan fingerprint density at radius 2 is 1.02 bits per heavy atom. The van der Waals surface area contributed by atoms with Gasteiger partial charge in [-0.2, -0.15) is 0 Å². The number of ketones is 1. The maximum atomic E-state index is 12.5. The minimum Gasteiger partial charge on any atom is -0.394 e. The van der Waals surface area contributed by atoms with Crippen LogP contribution in [0.15, 0.2) is 23.8 Å². The summed E-state index contributed by atoms with van der Waals surface area (Å²) in [6.45, 7) is 1.49. The van der Waals surface area contributed by atoms with Crippen molar-refractivity contribution in [2.24, 2.45) is 28.6 Å². The Hall–Kier alpha value is -2.25. The van der Waals surface area contributed by atoms with Crippen LogP contribution in [0.3, 0.4) is 0 Å². The van der Waals surface area contributed by atoms with E-state index in [1.54, 1.807) is 12.2 Å². The topological polar surface area (TPSA) is 549 Å². The van der Waals surface area contributed by atoms with Crippen LogP contribution in [-0.4, -0.2) is 370 Å². The molecule has 0 aromatic carbocycles. The molecule has 12 rings (SSSR count). The molecule has 0 aromatic heterocycles. The first-order chi connectivity index (χ1) is 47.5. The molecule has 11 fully saturated rings. The van der Waals surface area contributed by atoms with Crippen molar-refractivity contribution in [1.82, 2.24) is 0 Å². The molecule has 0 amide bonds. The SMILES string of the molecule is CCCC1O[C@@H]2C[C@H]3[C@@H]4CCC5=CC(=O)C=C[C@]5(C)[C@H]4[C@@H](O)C[C@]3(C)[C@]2(CCO[C@@H]2OC(CO)[C@@H](O[C@@H]3OC(CO[C@H]4OC[C@@H](O)C(O)C4O)[C@@H](O[C@@H]4OC(CO[C@H]5OC[C@@H](O)C(O)C5O)[C@@H](O[C@@H]5OC(CO[C@H]6OC[C@@H](O)C(O)C6O)[C@@H](O)C(O)C5O)C(O)C4O)C[C@@H]3O)C(O)C2O)O1. The van der Waals surface area contributed by atoms with Gasteiger partial charge in [0, 0.05) is 29.6 Å². The molecule has 17 unspecified atom stereocenters. The Morgan fingerprint density at radius 1 is 0.510 bits per heavy atom. The van der Waals surface area contributed by atoms with Crippen LogP contribution in [0.2, 0.25) is 0 Å². The summed E-state index contributed by atoms with van der Waals surface area (Å²) in [7, 11) is 0. The molecule has 19 N–H and O–H groups in total. The highest BCUT2D eigenvalue weighted by atomic mass is 16.8. The van der Waals surface area contributed by atoms with Crippen molar-refractivity contribution >= 4 is 5.78 Å². The zero-order valence-electron chi connectivity index (χ0n) is 55.3. The van der Waals surface area contributed by atoms with Crippen molar-refractivity contribution in [1.29, 1.82) is 0 Å². The lowest BCUT2D eigenvalue weighted by atomic mass is 9.46. The van der Waals surface area contributed by atoms with Crippen molar-refractivity contribution in [2.45, 2.75) is 287 Å². The number of ether oxygens (including phenoxy) is 16. The largest absolute Gasteiger partial charge is 0.394 e.